The number of fused-ring (bicyclic) bond motifs is 1. The van der Waals surface area contributed by atoms with Crippen LogP contribution in [0.5, 0.6) is 0 Å². The Kier molecular flexibility index (Phi) is 6.00. The van der Waals surface area contributed by atoms with Crippen LogP contribution in [0.15, 0.2) is 53.5 Å². The molecule has 0 saturated carbocycles. The summed E-state index contributed by atoms with van der Waals surface area (Å²) in [6, 6.07) is 11.8. The number of rotatable bonds is 6. The van der Waals surface area contributed by atoms with E-state index >= 15 is 0 Å². The fourth-order valence-electron chi connectivity index (χ4n) is 3.10. The van der Waals surface area contributed by atoms with Gasteiger partial charge < -0.3 is 26.3 Å². The van der Waals surface area contributed by atoms with Crippen molar-refractivity contribution >= 4 is 39.5 Å². The molecule has 0 radical (unpaired) electrons. The number of nitrogens with zero attached hydrogens (tertiary/aromatic N) is 1. The molecular formula is C21H20F3N5O2. The van der Waals surface area contributed by atoms with Crippen LogP contribution in [0.3, 0.4) is 0 Å². The molecule has 0 atom stereocenters. The first kappa shape index (κ1) is 21.9. The lowest BCUT2D eigenvalue weighted by molar-refractivity contribution is -0.138. The quantitative estimate of drug-likeness (QED) is 0.354. The first-order valence-corrected chi connectivity index (χ1v) is 9.23. The molecular weight excluding hydrogens is 411 g/mol. The summed E-state index contributed by atoms with van der Waals surface area (Å²) < 4.78 is 37.9. The summed E-state index contributed by atoms with van der Waals surface area (Å²) in [5.41, 5.74) is 7.81. The molecule has 2 aromatic carbocycles. The monoisotopic (exact) mass is 431 g/mol. The van der Waals surface area contributed by atoms with E-state index in [0.717, 1.165) is 4.57 Å². The van der Waals surface area contributed by atoms with E-state index in [1.165, 1.54) is 6.20 Å². The summed E-state index contributed by atoms with van der Waals surface area (Å²) in [5.74, 6) is -0.922. The highest BCUT2D eigenvalue weighted by Crippen LogP contribution is 2.26. The van der Waals surface area contributed by atoms with E-state index in [1.807, 2.05) is 0 Å². The lowest BCUT2D eigenvalue weighted by atomic mass is 10.1. The molecule has 7 nitrogen and oxygen atoms in total. The fraction of sp³-hybridized carbons (Fsp3) is 0.190. The summed E-state index contributed by atoms with van der Waals surface area (Å²) in [6.45, 7) is -0.385. The Morgan fingerprint density at radius 3 is 2.58 bits per heavy atom. The number of hydrogen-bond donors (Lipinski definition) is 4. The molecule has 0 aliphatic carbocycles. The normalized spacial score (nSPS) is 11.4. The van der Waals surface area contributed by atoms with Crippen molar-refractivity contribution in [3.8, 4) is 0 Å². The number of amides is 1. The standard InChI is InChI=1S/C21H20F3N5O2/c1-12(25)15-6-5-14(9-16(15)26)28-17-4-2-3-13-7-8-29(20(31)19(13)17)10-18(30)27-11-21(22,23)24/h2-9,25,28H,10-11,26H2,1H3,(H,27,30). The molecule has 0 bridgehead atoms. The summed E-state index contributed by atoms with van der Waals surface area (Å²) in [6.07, 6.45) is -3.17. The van der Waals surface area contributed by atoms with Gasteiger partial charge in [0.2, 0.25) is 5.91 Å². The SMILES string of the molecule is CC(=N)c1ccc(Nc2cccc3ccn(CC(=O)NCC(F)(F)F)c(=O)c23)cc1N. The van der Waals surface area contributed by atoms with Crippen molar-refractivity contribution < 1.29 is 18.0 Å². The molecule has 0 aliphatic rings. The van der Waals surface area contributed by atoms with Crippen LogP contribution in [0.25, 0.3) is 10.8 Å². The molecule has 1 aromatic heterocycles. The number of alkyl halides is 3. The molecule has 3 aromatic rings. The predicted molar refractivity (Wildman–Crippen MR) is 114 cm³/mol. The van der Waals surface area contributed by atoms with E-state index in [2.05, 4.69) is 5.32 Å². The smallest absolute Gasteiger partial charge is 0.398 e. The number of carbonyl (C=O) groups excluding carboxylic acids is 1. The van der Waals surface area contributed by atoms with Gasteiger partial charge in [-0.1, -0.05) is 12.1 Å². The Morgan fingerprint density at radius 1 is 1.19 bits per heavy atom. The van der Waals surface area contributed by atoms with Crippen LogP contribution < -0.4 is 21.9 Å². The zero-order valence-electron chi connectivity index (χ0n) is 16.5. The molecule has 0 saturated heterocycles. The first-order chi connectivity index (χ1) is 14.5. The highest BCUT2D eigenvalue weighted by Gasteiger charge is 2.27. The van der Waals surface area contributed by atoms with Crippen LogP contribution in [-0.4, -0.2) is 28.9 Å². The van der Waals surface area contributed by atoms with Crippen LogP contribution in [0, 0.1) is 5.41 Å². The van der Waals surface area contributed by atoms with Gasteiger partial charge in [0.15, 0.2) is 0 Å². The van der Waals surface area contributed by atoms with Crippen LogP contribution in [-0.2, 0) is 11.3 Å². The third kappa shape index (κ3) is 5.21. The molecule has 0 fully saturated rings. The predicted octanol–water partition coefficient (Wildman–Crippen LogP) is 3.39. The number of anilines is 3. The van der Waals surface area contributed by atoms with Crippen LogP contribution >= 0.6 is 0 Å². The summed E-state index contributed by atoms with van der Waals surface area (Å²) in [5, 5.41) is 13.4. The van der Waals surface area contributed by atoms with E-state index < -0.39 is 30.7 Å². The Balaban J connectivity index is 1.92. The van der Waals surface area contributed by atoms with E-state index in [0.29, 0.717) is 33.7 Å². The number of hydrogen-bond acceptors (Lipinski definition) is 5. The van der Waals surface area contributed by atoms with Gasteiger partial charge in [-0.05, 0) is 42.6 Å². The third-order valence-corrected chi connectivity index (χ3v) is 4.54. The first-order valence-electron chi connectivity index (χ1n) is 9.23. The molecule has 0 aliphatic heterocycles. The van der Waals surface area contributed by atoms with Gasteiger partial charge in [0.05, 0.1) is 11.1 Å². The molecule has 1 heterocycles. The van der Waals surface area contributed by atoms with Gasteiger partial charge in [-0.3, -0.25) is 9.59 Å². The molecule has 0 unspecified atom stereocenters. The Labute approximate surface area is 175 Å². The minimum Gasteiger partial charge on any atom is -0.398 e. The van der Waals surface area contributed by atoms with Crippen molar-refractivity contribution in [3.63, 3.8) is 0 Å². The average molecular weight is 431 g/mol. The maximum atomic E-state index is 13.0. The maximum Gasteiger partial charge on any atom is 0.405 e. The van der Waals surface area contributed by atoms with Gasteiger partial charge in [0, 0.05) is 28.8 Å². The molecule has 10 heteroatoms. The van der Waals surface area contributed by atoms with Crippen LogP contribution in [0.4, 0.5) is 30.2 Å². The number of halogens is 3. The maximum absolute atomic E-state index is 13.0. The second kappa shape index (κ2) is 8.50. The van der Waals surface area contributed by atoms with E-state index in [9.17, 15) is 22.8 Å². The van der Waals surface area contributed by atoms with Crippen LogP contribution in [0.2, 0.25) is 0 Å². The van der Waals surface area contributed by atoms with Crippen molar-refractivity contribution in [3.05, 3.63) is 64.6 Å². The molecule has 5 N–H and O–H groups in total. The number of carbonyl (C=O) groups is 1. The molecule has 31 heavy (non-hydrogen) atoms. The minimum absolute atomic E-state index is 0.277. The summed E-state index contributed by atoms with van der Waals surface area (Å²) >= 11 is 0. The Morgan fingerprint density at radius 2 is 1.94 bits per heavy atom. The second-order valence-electron chi connectivity index (χ2n) is 6.96. The molecule has 0 spiro atoms. The van der Waals surface area contributed by atoms with Gasteiger partial charge in [0.1, 0.15) is 13.1 Å². The lowest BCUT2D eigenvalue weighted by Crippen LogP contribution is -2.37. The third-order valence-electron chi connectivity index (χ3n) is 4.54. The van der Waals surface area contributed by atoms with Crippen LogP contribution in [0.1, 0.15) is 12.5 Å². The zero-order valence-corrected chi connectivity index (χ0v) is 16.5. The lowest BCUT2D eigenvalue weighted by Gasteiger charge is -2.14. The van der Waals surface area contributed by atoms with Crippen molar-refractivity contribution in [2.45, 2.75) is 19.6 Å². The van der Waals surface area contributed by atoms with Gasteiger partial charge in [0.25, 0.3) is 5.56 Å². The second-order valence-corrected chi connectivity index (χ2v) is 6.96. The zero-order chi connectivity index (χ0) is 22.8. The average Bonchev–Trinajstić information content (AvgIpc) is 2.68. The van der Waals surface area contributed by atoms with Crippen molar-refractivity contribution in [2.75, 3.05) is 17.6 Å². The van der Waals surface area contributed by atoms with Crippen molar-refractivity contribution in [1.29, 1.82) is 5.41 Å². The number of pyridine rings is 1. The molecule has 1 amide bonds. The number of nitrogens with one attached hydrogen (secondary N) is 3. The van der Waals surface area contributed by atoms with Gasteiger partial charge in [-0.15, -0.1) is 0 Å². The number of aromatic nitrogens is 1. The van der Waals surface area contributed by atoms with E-state index in [-0.39, 0.29) is 5.39 Å². The highest BCUT2D eigenvalue weighted by molar-refractivity contribution is 6.02. The van der Waals surface area contributed by atoms with Gasteiger partial charge >= 0.3 is 6.18 Å². The number of nitrogen functional groups attached to an aromatic ring is 1. The fourth-order valence-corrected chi connectivity index (χ4v) is 3.10. The molecule has 3 rings (SSSR count). The largest absolute Gasteiger partial charge is 0.405 e. The van der Waals surface area contributed by atoms with E-state index in [4.69, 9.17) is 11.1 Å². The van der Waals surface area contributed by atoms with Gasteiger partial charge in [-0.25, -0.2) is 0 Å². The highest BCUT2D eigenvalue weighted by atomic mass is 19.4. The molecule has 162 valence electrons. The topological polar surface area (TPSA) is 113 Å². The van der Waals surface area contributed by atoms with Crippen molar-refractivity contribution in [2.24, 2.45) is 0 Å². The Hall–Kier alpha value is -3.82. The minimum atomic E-state index is -4.53. The number of benzene rings is 2. The van der Waals surface area contributed by atoms with Crippen molar-refractivity contribution in [1.82, 2.24) is 9.88 Å². The summed E-state index contributed by atoms with van der Waals surface area (Å²) in [4.78, 5) is 24.8. The van der Waals surface area contributed by atoms with Gasteiger partial charge in [-0.2, -0.15) is 13.2 Å². The summed E-state index contributed by atoms with van der Waals surface area (Å²) in [7, 11) is 0. The number of nitrogens with two attached hydrogens (primary N) is 1. The Bertz CT molecular complexity index is 1220. The van der Waals surface area contributed by atoms with E-state index in [1.54, 1.807) is 54.7 Å².